The van der Waals surface area contributed by atoms with Crippen molar-refractivity contribution in [3.8, 4) is 0 Å². The number of hydrogen-bond donors (Lipinski definition) is 1. The molecule has 2 unspecified atom stereocenters. The van der Waals surface area contributed by atoms with Gasteiger partial charge in [-0.3, -0.25) is 4.79 Å². The summed E-state index contributed by atoms with van der Waals surface area (Å²) >= 11 is 0. The Bertz CT molecular complexity index is 173. The first-order valence-electron chi connectivity index (χ1n) is 4.20. The summed E-state index contributed by atoms with van der Waals surface area (Å²) in [4.78, 5) is 10.8. The topological polar surface area (TPSA) is 29.1 Å². The summed E-state index contributed by atoms with van der Waals surface area (Å²) < 4.78 is 0. The fraction of sp³-hybridized carbons (Fsp3) is 0.875. The number of nitrogens with one attached hydrogen (secondary N) is 1. The van der Waals surface area contributed by atoms with Gasteiger partial charge in [0.15, 0.2) is 0 Å². The van der Waals surface area contributed by atoms with E-state index >= 15 is 0 Å². The fourth-order valence-electron chi connectivity index (χ4n) is 1.41. The molecule has 0 aromatic rings. The zero-order chi connectivity index (χ0) is 8.65. The molecule has 64 valence electrons. The first kappa shape index (κ1) is 8.78. The van der Waals surface area contributed by atoms with Gasteiger partial charge in [-0.2, -0.15) is 0 Å². The maximum atomic E-state index is 10.8. The smallest absolute Gasteiger partial charge is 0.225 e. The quantitative estimate of drug-likeness (QED) is 0.494. The van der Waals surface area contributed by atoms with Gasteiger partial charge in [0, 0.05) is 14.1 Å². The number of rotatable bonds is 2. The average Bonchev–Trinajstić information content (AvgIpc) is 1.84. The molecule has 1 aliphatic heterocycles. The zero-order valence-corrected chi connectivity index (χ0v) is 8.77. The van der Waals surface area contributed by atoms with Gasteiger partial charge in [0.1, 0.15) is 0 Å². The lowest BCUT2D eigenvalue weighted by molar-refractivity contribution is -0.133. The van der Waals surface area contributed by atoms with Crippen molar-refractivity contribution in [2.45, 2.75) is 38.7 Å². The number of β-lactam (4-membered cyclic amide) rings is 1. The minimum Gasteiger partial charge on any atom is -0.353 e. The Kier molecular flexibility index (Phi) is 2.10. The Balaban J connectivity index is 2.36. The first-order valence-corrected chi connectivity index (χ1v) is 7.91. The van der Waals surface area contributed by atoms with Crippen molar-refractivity contribution in [2.75, 3.05) is 0 Å². The summed E-state index contributed by atoms with van der Waals surface area (Å²) in [6, 6.07) is 1.70. The van der Waals surface area contributed by atoms with Crippen LogP contribution < -0.4 is 5.32 Å². The summed E-state index contributed by atoms with van der Waals surface area (Å²) in [6.45, 7) is 9.03. The second-order valence-corrected chi connectivity index (χ2v) is 10.2. The Morgan fingerprint density at radius 2 is 2.00 bits per heavy atom. The molecule has 2 atom stereocenters. The van der Waals surface area contributed by atoms with E-state index in [1.807, 2.05) is 6.92 Å². The maximum Gasteiger partial charge on any atom is 0.225 e. The first-order chi connectivity index (χ1) is 4.90. The highest BCUT2D eigenvalue weighted by Crippen LogP contribution is 2.23. The van der Waals surface area contributed by atoms with E-state index in [1.165, 1.54) is 6.04 Å². The third kappa shape index (κ3) is 2.06. The van der Waals surface area contributed by atoms with Crippen molar-refractivity contribution >= 4 is 14.0 Å². The highest BCUT2D eigenvalue weighted by atomic mass is 28.3. The van der Waals surface area contributed by atoms with Crippen molar-refractivity contribution in [2.24, 2.45) is 5.92 Å². The lowest BCUT2D eigenvalue weighted by Gasteiger charge is -2.37. The van der Waals surface area contributed by atoms with Crippen molar-refractivity contribution < 1.29 is 4.79 Å². The Hall–Kier alpha value is -0.313. The van der Waals surface area contributed by atoms with E-state index in [0.717, 1.165) is 0 Å². The summed E-state index contributed by atoms with van der Waals surface area (Å²) in [5.41, 5.74) is 0. The van der Waals surface area contributed by atoms with Crippen LogP contribution in [0.2, 0.25) is 25.7 Å². The van der Waals surface area contributed by atoms with Gasteiger partial charge in [0.05, 0.1) is 5.92 Å². The van der Waals surface area contributed by atoms with E-state index in [1.54, 1.807) is 0 Å². The van der Waals surface area contributed by atoms with Crippen LogP contribution in [0, 0.1) is 5.92 Å². The molecule has 1 saturated heterocycles. The number of carbonyl (C=O) groups excluding carboxylic acids is 1. The van der Waals surface area contributed by atoms with Gasteiger partial charge in [0.25, 0.3) is 0 Å². The summed E-state index contributed by atoms with van der Waals surface area (Å²) in [7, 11) is -0.976. The molecule has 0 radical (unpaired) electrons. The predicted octanol–water partition coefficient (Wildman–Crippen LogP) is 1.46. The molecule has 1 amide bonds. The van der Waals surface area contributed by atoms with Crippen LogP contribution in [0.25, 0.3) is 0 Å². The summed E-state index contributed by atoms with van der Waals surface area (Å²) in [5.74, 6) is 0.495. The molecular weight excluding hydrogens is 154 g/mol. The van der Waals surface area contributed by atoms with Gasteiger partial charge < -0.3 is 5.32 Å². The third-order valence-electron chi connectivity index (χ3n) is 2.18. The molecule has 0 aromatic carbocycles. The predicted molar refractivity (Wildman–Crippen MR) is 49.2 cm³/mol. The monoisotopic (exact) mass is 171 g/mol. The van der Waals surface area contributed by atoms with Gasteiger partial charge in [-0.15, -0.1) is 0 Å². The molecule has 2 nitrogen and oxygen atoms in total. The lowest BCUT2D eigenvalue weighted by Crippen LogP contribution is -2.58. The maximum absolute atomic E-state index is 10.8. The van der Waals surface area contributed by atoms with Crippen LogP contribution in [-0.2, 0) is 4.79 Å². The van der Waals surface area contributed by atoms with Crippen molar-refractivity contribution in [1.82, 2.24) is 5.32 Å². The molecule has 0 aliphatic carbocycles. The van der Waals surface area contributed by atoms with E-state index in [4.69, 9.17) is 0 Å². The van der Waals surface area contributed by atoms with Crippen molar-refractivity contribution in [3.05, 3.63) is 0 Å². The Labute approximate surface area is 69.4 Å². The molecule has 0 bridgehead atoms. The molecule has 1 fully saturated rings. The van der Waals surface area contributed by atoms with Gasteiger partial charge in [-0.05, 0) is 6.04 Å². The van der Waals surface area contributed by atoms with Crippen LogP contribution in [0.5, 0.6) is 0 Å². The second kappa shape index (κ2) is 2.63. The minimum absolute atomic E-state index is 0.230. The van der Waals surface area contributed by atoms with E-state index in [0.29, 0.717) is 6.04 Å². The van der Waals surface area contributed by atoms with Gasteiger partial charge in [0.2, 0.25) is 5.91 Å². The highest BCUT2D eigenvalue weighted by molar-refractivity contribution is 6.76. The second-order valence-electron chi connectivity index (χ2n) is 4.67. The lowest BCUT2D eigenvalue weighted by atomic mass is 9.94. The van der Waals surface area contributed by atoms with Crippen LogP contribution in [0.3, 0.4) is 0 Å². The molecule has 1 heterocycles. The van der Waals surface area contributed by atoms with Gasteiger partial charge >= 0.3 is 0 Å². The van der Waals surface area contributed by atoms with Crippen LogP contribution >= 0.6 is 0 Å². The normalized spacial score (nSPS) is 31.1. The average molecular weight is 171 g/mol. The molecule has 0 saturated carbocycles. The van der Waals surface area contributed by atoms with Crippen LogP contribution in [0.1, 0.15) is 6.92 Å². The van der Waals surface area contributed by atoms with Crippen molar-refractivity contribution in [3.63, 3.8) is 0 Å². The Morgan fingerprint density at radius 1 is 1.45 bits per heavy atom. The number of carbonyl (C=O) groups is 1. The SMILES string of the molecule is CC1C(=O)NC1C[Si](C)(C)C. The highest BCUT2D eigenvalue weighted by Gasteiger charge is 2.37. The molecule has 3 heteroatoms. The zero-order valence-electron chi connectivity index (χ0n) is 7.77. The molecule has 0 spiro atoms. The molecule has 1 N–H and O–H groups in total. The van der Waals surface area contributed by atoms with Crippen LogP contribution in [0.4, 0.5) is 0 Å². The van der Waals surface area contributed by atoms with E-state index in [-0.39, 0.29) is 11.8 Å². The van der Waals surface area contributed by atoms with Crippen LogP contribution in [0.15, 0.2) is 0 Å². The Morgan fingerprint density at radius 3 is 2.27 bits per heavy atom. The van der Waals surface area contributed by atoms with Crippen molar-refractivity contribution in [1.29, 1.82) is 0 Å². The van der Waals surface area contributed by atoms with E-state index in [2.05, 4.69) is 25.0 Å². The minimum atomic E-state index is -0.976. The fourth-order valence-corrected chi connectivity index (χ4v) is 3.19. The summed E-state index contributed by atoms with van der Waals surface area (Å²) in [5, 5.41) is 2.94. The molecular formula is C8H17NOSi. The van der Waals surface area contributed by atoms with Gasteiger partial charge in [-0.25, -0.2) is 0 Å². The largest absolute Gasteiger partial charge is 0.353 e. The molecule has 0 aromatic heterocycles. The standard InChI is InChI=1S/C8H17NOSi/c1-6-7(9-8(6)10)5-11(2,3)4/h6-7H,5H2,1-4H3,(H,9,10). The van der Waals surface area contributed by atoms with E-state index < -0.39 is 8.07 Å². The molecule has 11 heavy (non-hydrogen) atoms. The third-order valence-corrected chi connectivity index (χ3v) is 3.84. The van der Waals surface area contributed by atoms with E-state index in [9.17, 15) is 4.79 Å². The van der Waals surface area contributed by atoms with Gasteiger partial charge in [-0.1, -0.05) is 26.6 Å². The van der Waals surface area contributed by atoms with Crippen LogP contribution in [-0.4, -0.2) is 20.0 Å². The number of hydrogen-bond acceptors (Lipinski definition) is 1. The summed E-state index contributed by atoms with van der Waals surface area (Å²) in [6.07, 6.45) is 0. The molecule has 1 aliphatic rings. The number of amides is 1. The molecule has 1 rings (SSSR count).